The molecular weight excluding hydrogens is 284 g/mol. The van der Waals surface area contributed by atoms with Crippen LogP contribution in [0.1, 0.15) is 30.1 Å². The third-order valence-electron chi connectivity index (χ3n) is 3.70. The lowest BCUT2D eigenvalue weighted by molar-refractivity contribution is 0.0702. The molecule has 0 spiro atoms. The molecule has 0 aliphatic carbocycles. The monoisotopic (exact) mass is 306 g/mol. The first-order valence-corrected chi connectivity index (χ1v) is 7.50. The summed E-state index contributed by atoms with van der Waals surface area (Å²) in [6.45, 7) is 3.37. The van der Waals surface area contributed by atoms with Gasteiger partial charge in [0.2, 0.25) is 0 Å². The molecule has 0 unspecified atom stereocenters. The number of amides is 2. The fourth-order valence-electron chi connectivity index (χ4n) is 2.51. The van der Waals surface area contributed by atoms with Crippen LogP contribution in [0.4, 0.5) is 4.79 Å². The SMILES string of the molecule is CCOC(=O)NC1CCN(C(=O)c2cccc(OC)c2)CC1. The maximum atomic E-state index is 12.5. The van der Waals surface area contributed by atoms with Crippen molar-refractivity contribution in [3.8, 4) is 5.75 Å². The molecular formula is C16H22N2O4. The molecule has 0 radical (unpaired) electrons. The molecule has 1 heterocycles. The van der Waals surface area contributed by atoms with Gasteiger partial charge in [0, 0.05) is 24.7 Å². The minimum atomic E-state index is -0.389. The largest absolute Gasteiger partial charge is 0.497 e. The van der Waals surface area contributed by atoms with Crippen molar-refractivity contribution in [2.45, 2.75) is 25.8 Å². The molecule has 1 saturated heterocycles. The average Bonchev–Trinajstić information content (AvgIpc) is 2.55. The second-order valence-electron chi connectivity index (χ2n) is 5.16. The second kappa shape index (κ2) is 7.68. The molecule has 22 heavy (non-hydrogen) atoms. The van der Waals surface area contributed by atoms with Crippen molar-refractivity contribution >= 4 is 12.0 Å². The number of rotatable bonds is 4. The summed E-state index contributed by atoms with van der Waals surface area (Å²) >= 11 is 0. The zero-order valence-electron chi connectivity index (χ0n) is 13.0. The van der Waals surface area contributed by atoms with Crippen LogP contribution in [0, 0.1) is 0 Å². The van der Waals surface area contributed by atoms with Gasteiger partial charge < -0.3 is 19.7 Å². The van der Waals surface area contributed by atoms with E-state index in [4.69, 9.17) is 9.47 Å². The molecule has 120 valence electrons. The molecule has 1 aliphatic heterocycles. The molecule has 0 atom stereocenters. The second-order valence-corrected chi connectivity index (χ2v) is 5.16. The molecule has 0 saturated carbocycles. The number of benzene rings is 1. The van der Waals surface area contributed by atoms with Crippen molar-refractivity contribution in [2.75, 3.05) is 26.8 Å². The van der Waals surface area contributed by atoms with E-state index in [9.17, 15) is 9.59 Å². The van der Waals surface area contributed by atoms with E-state index < -0.39 is 0 Å². The number of nitrogens with zero attached hydrogens (tertiary/aromatic N) is 1. The predicted molar refractivity (Wildman–Crippen MR) is 82.1 cm³/mol. The van der Waals surface area contributed by atoms with E-state index in [1.165, 1.54) is 0 Å². The van der Waals surface area contributed by atoms with E-state index in [0.717, 1.165) is 12.8 Å². The Bertz CT molecular complexity index is 525. The van der Waals surface area contributed by atoms with Gasteiger partial charge in [0.25, 0.3) is 5.91 Å². The highest BCUT2D eigenvalue weighted by Gasteiger charge is 2.25. The average molecular weight is 306 g/mol. The Morgan fingerprint density at radius 1 is 1.32 bits per heavy atom. The summed E-state index contributed by atoms with van der Waals surface area (Å²) in [4.78, 5) is 25.7. The number of carbonyl (C=O) groups excluding carboxylic acids is 2. The summed E-state index contributed by atoms with van der Waals surface area (Å²) in [7, 11) is 1.58. The van der Waals surface area contributed by atoms with Crippen LogP contribution in [0.2, 0.25) is 0 Å². The van der Waals surface area contributed by atoms with Gasteiger partial charge in [0.1, 0.15) is 5.75 Å². The highest BCUT2D eigenvalue weighted by molar-refractivity contribution is 5.94. The number of alkyl carbamates (subject to hydrolysis) is 1. The normalized spacial score (nSPS) is 15.3. The number of piperidine rings is 1. The van der Waals surface area contributed by atoms with Gasteiger partial charge in [-0.1, -0.05) is 6.07 Å². The Labute approximate surface area is 130 Å². The molecule has 0 aromatic heterocycles. The van der Waals surface area contributed by atoms with Crippen LogP contribution in [0.3, 0.4) is 0 Å². The zero-order valence-corrected chi connectivity index (χ0v) is 13.0. The Kier molecular flexibility index (Phi) is 5.63. The highest BCUT2D eigenvalue weighted by atomic mass is 16.5. The van der Waals surface area contributed by atoms with Gasteiger partial charge in [-0.15, -0.1) is 0 Å². The van der Waals surface area contributed by atoms with Crippen molar-refractivity contribution < 1.29 is 19.1 Å². The number of hydrogen-bond acceptors (Lipinski definition) is 4. The summed E-state index contributed by atoms with van der Waals surface area (Å²) in [5.74, 6) is 0.665. The lowest BCUT2D eigenvalue weighted by Gasteiger charge is -2.32. The predicted octanol–water partition coefficient (Wildman–Crippen LogP) is 2.05. The van der Waals surface area contributed by atoms with Gasteiger partial charge >= 0.3 is 6.09 Å². The minimum Gasteiger partial charge on any atom is -0.497 e. The van der Waals surface area contributed by atoms with Crippen LogP contribution in [0.5, 0.6) is 5.75 Å². The van der Waals surface area contributed by atoms with Crippen LogP contribution >= 0.6 is 0 Å². The lowest BCUT2D eigenvalue weighted by atomic mass is 10.0. The number of nitrogens with one attached hydrogen (secondary N) is 1. The number of carbonyl (C=O) groups is 2. The molecule has 2 rings (SSSR count). The molecule has 2 amide bonds. The third-order valence-corrected chi connectivity index (χ3v) is 3.70. The first-order chi connectivity index (χ1) is 10.6. The van der Waals surface area contributed by atoms with E-state index in [-0.39, 0.29) is 18.0 Å². The third kappa shape index (κ3) is 4.13. The molecule has 0 bridgehead atoms. The van der Waals surface area contributed by atoms with E-state index in [0.29, 0.717) is 31.0 Å². The fraction of sp³-hybridized carbons (Fsp3) is 0.500. The minimum absolute atomic E-state index is 0.00603. The Morgan fingerprint density at radius 2 is 2.05 bits per heavy atom. The maximum Gasteiger partial charge on any atom is 0.407 e. The van der Waals surface area contributed by atoms with Gasteiger partial charge in [-0.2, -0.15) is 0 Å². The van der Waals surface area contributed by atoms with E-state index in [2.05, 4.69) is 5.32 Å². The van der Waals surface area contributed by atoms with Crippen molar-refractivity contribution in [3.05, 3.63) is 29.8 Å². The van der Waals surface area contributed by atoms with Crippen LogP contribution in [-0.4, -0.2) is 49.7 Å². The first kappa shape index (κ1) is 16.1. The van der Waals surface area contributed by atoms with E-state index in [1.54, 1.807) is 37.1 Å². The summed E-state index contributed by atoms with van der Waals surface area (Å²) < 4.78 is 10.0. The standard InChI is InChI=1S/C16H22N2O4/c1-3-22-16(20)17-13-7-9-18(10-8-13)15(19)12-5-4-6-14(11-12)21-2/h4-6,11,13H,3,7-10H2,1-2H3,(H,17,20). The van der Waals surface area contributed by atoms with Gasteiger partial charge in [0.15, 0.2) is 0 Å². The van der Waals surface area contributed by atoms with Crippen molar-refractivity contribution in [1.82, 2.24) is 10.2 Å². The topological polar surface area (TPSA) is 67.9 Å². The quantitative estimate of drug-likeness (QED) is 0.924. The molecule has 1 aromatic rings. The zero-order chi connectivity index (χ0) is 15.9. The number of methoxy groups -OCH3 is 1. The summed E-state index contributed by atoms with van der Waals surface area (Å²) in [5.41, 5.74) is 0.621. The van der Waals surface area contributed by atoms with E-state index >= 15 is 0 Å². The molecule has 1 N–H and O–H groups in total. The van der Waals surface area contributed by atoms with Crippen LogP contribution in [0.25, 0.3) is 0 Å². The van der Waals surface area contributed by atoms with Crippen molar-refractivity contribution in [1.29, 1.82) is 0 Å². The fourth-order valence-corrected chi connectivity index (χ4v) is 2.51. The Morgan fingerprint density at radius 3 is 2.68 bits per heavy atom. The molecule has 1 aromatic carbocycles. The summed E-state index contributed by atoms with van der Waals surface area (Å²) in [6, 6.07) is 7.21. The van der Waals surface area contributed by atoms with E-state index in [1.807, 2.05) is 6.07 Å². The molecule has 1 fully saturated rings. The maximum absolute atomic E-state index is 12.5. The van der Waals surface area contributed by atoms with Gasteiger partial charge in [-0.05, 0) is 38.0 Å². The first-order valence-electron chi connectivity index (χ1n) is 7.50. The number of hydrogen-bond donors (Lipinski definition) is 1. The number of likely N-dealkylation sites (tertiary alicyclic amines) is 1. The highest BCUT2D eigenvalue weighted by Crippen LogP contribution is 2.17. The molecule has 6 heteroatoms. The van der Waals surface area contributed by atoms with Gasteiger partial charge in [-0.3, -0.25) is 4.79 Å². The molecule has 1 aliphatic rings. The lowest BCUT2D eigenvalue weighted by Crippen LogP contribution is -2.46. The summed E-state index contributed by atoms with van der Waals surface area (Å²) in [6.07, 6.45) is 1.07. The van der Waals surface area contributed by atoms with Crippen LogP contribution < -0.4 is 10.1 Å². The van der Waals surface area contributed by atoms with Gasteiger partial charge in [0.05, 0.1) is 13.7 Å². The van der Waals surface area contributed by atoms with Gasteiger partial charge in [-0.25, -0.2) is 4.79 Å². The smallest absolute Gasteiger partial charge is 0.407 e. The van der Waals surface area contributed by atoms with Crippen LogP contribution in [0.15, 0.2) is 24.3 Å². The molecule has 6 nitrogen and oxygen atoms in total. The Hall–Kier alpha value is -2.24. The van der Waals surface area contributed by atoms with Crippen molar-refractivity contribution in [3.63, 3.8) is 0 Å². The summed E-state index contributed by atoms with van der Waals surface area (Å²) in [5, 5.41) is 2.82. The Balaban J connectivity index is 1.88. The number of ether oxygens (including phenoxy) is 2. The van der Waals surface area contributed by atoms with Crippen LogP contribution in [-0.2, 0) is 4.74 Å². The van der Waals surface area contributed by atoms with Crippen molar-refractivity contribution in [2.24, 2.45) is 0 Å².